The molecule has 0 unspecified atom stereocenters. The van der Waals surface area contributed by atoms with Gasteiger partial charge in [0, 0.05) is 23.9 Å². The maximum Gasteiger partial charge on any atom is 0.208 e. The zero-order valence-electron chi connectivity index (χ0n) is 12.5. The molecule has 4 nitrogen and oxygen atoms in total. The molecule has 0 aliphatic heterocycles. The fourth-order valence-corrected chi connectivity index (χ4v) is 3.29. The van der Waals surface area contributed by atoms with Gasteiger partial charge >= 0.3 is 0 Å². The second kappa shape index (κ2) is 5.90. The van der Waals surface area contributed by atoms with Gasteiger partial charge in [-0.15, -0.1) is 0 Å². The molecule has 0 saturated heterocycles. The molecule has 23 heavy (non-hydrogen) atoms. The second-order valence-electron chi connectivity index (χ2n) is 5.49. The Balaban J connectivity index is 2.01. The van der Waals surface area contributed by atoms with E-state index in [1.54, 1.807) is 12.1 Å². The van der Waals surface area contributed by atoms with Crippen molar-refractivity contribution in [3.05, 3.63) is 48.0 Å². The smallest absolute Gasteiger partial charge is 0.208 e. The fourth-order valence-electron chi connectivity index (χ4n) is 2.78. The van der Waals surface area contributed by atoms with Crippen LogP contribution >= 0.6 is 0 Å². The number of hydrogen-bond acceptors (Lipinski definition) is 2. The Morgan fingerprint density at radius 1 is 1.00 bits per heavy atom. The number of halogens is 2. The fraction of sp³-hybridized carbons (Fsp3) is 0.250. The van der Waals surface area contributed by atoms with Crippen LogP contribution in [0.5, 0.6) is 0 Å². The van der Waals surface area contributed by atoms with E-state index in [2.05, 4.69) is 4.72 Å². The number of benzene rings is 2. The molecule has 3 aromatic rings. The average molecular weight is 338 g/mol. The molecular weight excluding hydrogens is 322 g/mol. The van der Waals surface area contributed by atoms with Crippen molar-refractivity contribution in [1.82, 2.24) is 9.29 Å². The third-order valence-electron chi connectivity index (χ3n) is 3.71. The molecule has 0 amide bonds. The predicted octanol–water partition coefficient (Wildman–Crippen LogP) is 3.01. The average Bonchev–Trinajstić information content (AvgIpc) is 2.75. The summed E-state index contributed by atoms with van der Waals surface area (Å²) in [6, 6.07) is 8.93. The van der Waals surface area contributed by atoms with E-state index in [4.69, 9.17) is 0 Å². The van der Waals surface area contributed by atoms with E-state index in [-0.39, 0.29) is 18.2 Å². The third-order valence-corrected chi connectivity index (χ3v) is 4.44. The van der Waals surface area contributed by atoms with Gasteiger partial charge in [-0.3, -0.25) is 0 Å². The maximum atomic E-state index is 13.6. The van der Waals surface area contributed by atoms with Crippen molar-refractivity contribution in [3.8, 4) is 0 Å². The van der Waals surface area contributed by atoms with Crippen LogP contribution in [0.25, 0.3) is 21.8 Å². The quantitative estimate of drug-likeness (QED) is 0.727. The van der Waals surface area contributed by atoms with Crippen LogP contribution in [0.4, 0.5) is 8.78 Å². The molecule has 0 saturated carbocycles. The van der Waals surface area contributed by atoms with E-state index in [0.717, 1.165) is 17.0 Å². The molecule has 0 fully saturated rings. The molecule has 0 spiro atoms. The highest BCUT2D eigenvalue weighted by molar-refractivity contribution is 7.88. The van der Waals surface area contributed by atoms with Gasteiger partial charge in [-0.25, -0.2) is 21.9 Å². The van der Waals surface area contributed by atoms with Crippen molar-refractivity contribution in [2.45, 2.75) is 13.0 Å². The number of aromatic nitrogens is 1. The van der Waals surface area contributed by atoms with Crippen LogP contribution in [0.1, 0.15) is 6.42 Å². The van der Waals surface area contributed by atoms with Crippen LogP contribution in [0.15, 0.2) is 36.4 Å². The Kier molecular flexibility index (Phi) is 4.08. The summed E-state index contributed by atoms with van der Waals surface area (Å²) in [6.45, 7) is 0.722. The lowest BCUT2D eigenvalue weighted by Gasteiger charge is -2.08. The first-order valence-corrected chi connectivity index (χ1v) is 9.06. The van der Waals surface area contributed by atoms with E-state index < -0.39 is 10.0 Å². The molecule has 1 N–H and O–H groups in total. The highest BCUT2D eigenvalue weighted by Gasteiger charge is 2.12. The Labute approximate surface area is 132 Å². The van der Waals surface area contributed by atoms with Crippen molar-refractivity contribution in [1.29, 1.82) is 0 Å². The molecule has 0 radical (unpaired) electrons. The molecule has 7 heteroatoms. The van der Waals surface area contributed by atoms with Crippen LogP contribution in [-0.4, -0.2) is 25.8 Å². The number of sulfonamides is 1. The van der Waals surface area contributed by atoms with Gasteiger partial charge in [-0.1, -0.05) is 0 Å². The third kappa shape index (κ3) is 3.35. The second-order valence-corrected chi connectivity index (χ2v) is 7.33. The lowest BCUT2D eigenvalue weighted by Crippen LogP contribution is -2.23. The molecule has 0 aliphatic rings. The molecule has 1 heterocycles. The SMILES string of the molecule is CS(=O)(=O)NCCCn1c2cc(F)ccc2c2ccc(F)cc21. The minimum absolute atomic E-state index is 0.268. The van der Waals surface area contributed by atoms with Crippen LogP contribution < -0.4 is 4.72 Å². The molecular formula is C16H16F2N2O2S. The number of hydrogen-bond donors (Lipinski definition) is 1. The number of fused-ring (bicyclic) bond motifs is 3. The summed E-state index contributed by atoms with van der Waals surface area (Å²) in [4.78, 5) is 0. The molecule has 0 bridgehead atoms. The van der Waals surface area contributed by atoms with E-state index in [9.17, 15) is 17.2 Å². The lowest BCUT2D eigenvalue weighted by molar-refractivity contribution is 0.579. The minimum atomic E-state index is -3.24. The Bertz CT molecular complexity index is 921. The molecule has 122 valence electrons. The van der Waals surface area contributed by atoms with Gasteiger partial charge in [0.25, 0.3) is 0 Å². The Morgan fingerprint density at radius 3 is 2.00 bits per heavy atom. The first-order chi connectivity index (χ1) is 10.8. The van der Waals surface area contributed by atoms with Crippen molar-refractivity contribution in [3.63, 3.8) is 0 Å². The summed E-state index contributed by atoms with van der Waals surface area (Å²) < 4.78 is 53.6. The summed E-state index contributed by atoms with van der Waals surface area (Å²) in [5, 5.41) is 1.69. The van der Waals surface area contributed by atoms with Gasteiger partial charge in [-0.2, -0.15) is 0 Å². The summed E-state index contributed by atoms with van der Waals surface area (Å²) in [5.41, 5.74) is 1.34. The lowest BCUT2D eigenvalue weighted by atomic mass is 10.1. The van der Waals surface area contributed by atoms with Gasteiger partial charge < -0.3 is 4.57 Å². The predicted molar refractivity (Wildman–Crippen MR) is 86.8 cm³/mol. The number of aryl methyl sites for hydroxylation is 1. The summed E-state index contributed by atoms with van der Waals surface area (Å²) in [7, 11) is -3.24. The van der Waals surface area contributed by atoms with E-state index in [1.165, 1.54) is 24.3 Å². The van der Waals surface area contributed by atoms with Crippen molar-refractivity contribution in [2.24, 2.45) is 0 Å². The van der Waals surface area contributed by atoms with Gasteiger partial charge in [0.05, 0.1) is 17.3 Å². The molecule has 2 aromatic carbocycles. The monoisotopic (exact) mass is 338 g/mol. The first-order valence-electron chi connectivity index (χ1n) is 7.17. The van der Waals surface area contributed by atoms with Crippen molar-refractivity contribution < 1.29 is 17.2 Å². The first kappa shape index (κ1) is 15.9. The zero-order valence-corrected chi connectivity index (χ0v) is 13.3. The van der Waals surface area contributed by atoms with Crippen LogP contribution in [-0.2, 0) is 16.6 Å². The minimum Gasteiger partial charge on any atom is -0.340 e. The summed E-state index contributed by atoms with van der Waals surface area (Å²) in [5.74, 6) is -0.729. The topological polar surface area (TPSA) is 51.1 Å². The molecule has 1 aromatic heterocycles. The molecule has 3 rings (SSSR count). The Morgan fingerprint density at radius 2 is 1.52 bits per heavy atom. The number of rotatable bonds is 5. The van der Waals surface area contributed by atoms with Gasteiger partial charge in [-0.05, 0) is 42.8 Å². The molecule has 0 atom stereocenters. The zero-order chi connectivity index (χ0) is 16.6. The number of nitrogens with one attached hydrogen (secondary N) is 1. The highest BCUT2D eigenvalue weighted by atomic mass is 32.2. The number of nitrogens with zero attached hydrogens (tertiary/aromatic N) is 1. The van der Waals surface area contributed by atoms with E-state index in [1.807, 2.05) is 4.57 Å². The van der Waals surface area contributed by atoms with Crippen LogP contribution in [0.2, 0.25) is 0 Å². The highest BCUT2D eigenvalue weighted by Crippen LogP contribution is 2.30. The Hall–Kier alpha value is -1.99. The summed E-state index contributed by atoms with van der Waals surface area (Å²) in [6.07, 6.45) is 1.61. The maximum absolute atomic E-state index is 13.6. The summed E-state index contributed by atoms with van der Waals surface area (Å²) >= 11 is 0. The van der Waals surface area contributed by atoms with Crippen LogP contribution in [0.3, 0.4) is 0 Å². The van der Waals surface area contributed by atoms with Gasteiger partial charge in [0.1, 0.15) is 11.6 Å². The van der Waals surface area contributed by atoms with E-state index >= 15 is 0 Å². The largest absolute Gasteiger partial charge is 0.340 e. The standard InChI is InChI=1S/C16H16F2N2O2S/c1-23(21,22)19-7-2-8-20-15-9-11(17)3-5-13(15)14-6-4-12(18)10-16(14)20/h3-6,9-10,19H,2,7-8H2,1H3. The van der Waals surface area contributed by atoms with Crippen molar-refractivity contribution >= 4 is 31.8 Å². The van der Waals surface area contributed by atoms with Crippen molar-refractivity contribution in [2.75, 3.05) is 12.8 Å². The van der Waals surface area contributed by atoms with Gasteiger partial charge in [0.2, 0.25) is 10.0 Å². The molecule has 0 aliphatic carbocycles. The van der Waals surface area contributed by atoms with E-state index in [0.29, 0.717) is 24.0 Å². The normalized spacial score (nSPS) is 12.3. The van der Waals surface area contributed by atoms with Crippen LogP contribution in [0, 0.1) is 11.6 Å². The van der Waals surface area contributed by atoms with Gasteiger partial charge in [0.15, 0.2) is 0 Å².